The van der Waals surface area contributed by atoms with Crippen molar-refractivity contribution in [2.24, 2.45) is 5.92 Å². The molecule has 1 aromatic carbocycles. The largest absolute Gasteiger partial charge is 0.332 e. The maximum atomic E-state index is 13.4. The van der Waals surface area contributed by atoms with Crippen molar-refractivity contribution in [3.63, 3.8) is 0 Å². The third-order valence-corrected chi connectivity index (χ3v) is 5.74. The number of carbonyl (C=O) groups is 2. The number of nitrogens with zero attached hydrogens (tertiary/aromatic N) is 3. The third kappa shape index (κ3) is 4.00. The van der Waals surface area contributed by atoms with Crippen LogP contribution in [0, 0.1) is 5.92 Å². The molecule has 30 heavy (non-hydrogen) atoms. The molecule has 0 bridgehead atoms. The van der Waals surface area contributed by atoms with Crippen LogP contribution in [0.25, 0.3) is 0 Å². The predicted molar refractivity (Wildman–Crippen MR) is 114 cm³/mol. The lowest BCUT2D eigenvalue weighted by molar-refractivity contribution is 0.0496. The van der Waals surface area contributed by atoms with E-state index in [0.717, 1.165) is 5.69 Å². The van der Waals surface area contributed by atoms with Gasteiger partial charge in [0, 0.05) is 31.0 Å². The molecule has 2 unspecified atom stereocenters. The van der Waals surface area contributed by atoms with Gasteiger partial charge in [-0.25, -0.2) is 0 Å². The Morgan fingerprint density at radius 2 is 1.70 bits per heavy atom. The molecule has 2 aromatic heterocycles. The second-order valence-corrected chi connectivity index (χ2v) is 7.63. The molecule has 1 aliphatic rings. The summed E-state index contributed by atoms with van der Waals surface area (Å²) in [5.74, 6) is -0.643. The summed E-state index contributed by atoms with van der Waals surface area (Å²) < 4.78 is 0. The summed E-state index contributed by atoms with van der Waals surface area (Å²) in [6.45, 7) is 3.15. The van der Waals surface area contributed by atoms with Gasteiger partial charge in [-0.05, 0) is 37.6 Å². The van der Waals surface area contributed by atoms with E-state index >= 15 is 0 Å². The minimum atomic E-state index is -0.862. The second-order valence-electron chi connectivity index (χ2n) is 7.63. The Morgan fingerprint density at radius 1 is 1.00 bits per heavy atom. The van der Waals surface area contributed by atoms with E-state index in [1.165, 1.54) is 0 Å². The number of hydrogen-bond acceptors (Lipinski definition) is 5. The first-order valence-corrected chi connectivity index (χ1v) is 10.1. The maximum absolute atomic E-state index is 13.4. The number of carbonyl (C=O) groups excluding carboxylic acids is 2. The van der Waals surface area contributed by atoms with Crippen LogP contribution in [0.4, 0.5) is 0 Å². The Morgan fingerprint density at radius 3 is 2.37 bits per heavy atom. The summed E-state index contributed by atoms with van der Waals surface area (Å²) in [5, 5.41) is 3.12. The van der Waals surface area contributed by atoms with Crippen LogP contribution in [-0.4, -0.2) is 38.8 Å². The van der Waals surface area contributed by atoms with Gasteiger partial charge in [0.05, 0.1) is 11.6 Å². The van der Waals surface area contributed by atoms with Crippen molar-refractivity contribution in [1.29, 1.82) is 0 Å². The fourth-order valence-corrected chi connectivity index (χ4v) is 4.10. The van der Waals surface area contributed by atoms with Crippen molar-refractivity contribution in [2.45, 2.75) is 25.6 Å². The summed E-state index contributed by atoms with van der Waals surface area (Å²) in [6.07, 6.45) is 3.99. The van der Waals surface area contributed by atoms with Gasteiger partial charge in [0.25, 0.3) is 5.91 Å². The lowest BCUT2D eigenvalue weighted by atomic mass is 9.86. The number of benzene rings is 1. The zero-order valence-electron chi connectivity index (χ0n) is 16.9. The van der Waals surface area contributed by atoms with Crippen LogP contribution in [0.1, 0.15) is 39.9 Å². The normalized spacial score (nSPS) is 21.3. The summed E-state index contributed by atoms with van der Waals surface area (Å²) >= 11 is 0. The predicted octanol–water partition coefficient (Wildman–Crippen LogP) is 3.33. The first-order valence-electron chi connectivity index (χ1n) is 10.1. The van der Waals surface area contributed by atoms with Crippen molar-refractivity contribution in [3.8, 4) is 0 Å². The molecule has 6 heteroatoms. The van der Waals surface area contributed by atoms with E-state index in [2.05, 4.69) is 20.2 Å². The van der Waals surface area contributed by atoms with Crippen LogP contribution in [-0.2, 0) is 6.54 Å². The molecule has 1 saturated heterocycles. The zero-order chi connectivity index (χ0) is 21.0. The molecule has 4 rings (SSSR count). The van der Waals surface area contributed by atoms with Gasteiger partial charge in [0.15, 0.2) is 5.78 Å². The molecule has 3 heterocycles. The summed E-state index contributed by atoms with van der Waals surface area (Å²) in [4.78, 5) is 37.1. The molecule has 152 valence electrons. The Balaban J connectivity index is 1.65. The number of hydrogen-bond donors (Lipinski definition) is 1. The molecule has 1 aliphatic heterocycles. The van der Waals surface area contributed by atoms with Crippen molar-refractivity contribution in [1.82, 2.24) is 20.2 Å². The number of Topliss-reactive ketones (excluding diaryl/α,β-unsaturated/α-hetero) is 1. The van der Waals surface area contributed by atoms with E-state index in [1.54, 1.807) is 30.6 Å². The van der Waals surface area contributed by atoms with Gasteiger partial charge in [-0.1, -0.05) is 42.5 Å². The van der Waals surface area contributed by atoms with Gasteiger partial charge >= 0.3 is 0 Å². The molecule has 3 aromatic rings. The van der Waals surface area contributed by atoms with Crippen molar-refractivity contribution in [2.75, 3.05) is 6.54 Å². The van der Waals surface area contributed by atoms with Crippen molar-refractivity contribution >= 4 is 11.7 Å². The molecule has 1 fully saturated rings. The second kappa shape index (κ2) is 8.55. The Kier molecular flexibility index (Phi) is 5.68. The third-order valence-electron chi connectivity index (χ3n) is 5.74. The molecule has 6 nitrogen and oxygen atoms in total. The summed E-state index contributed by atoms with van der Waals surface area (Å²) in [7, 11) is 0. The quantitative estimate of drug-likeness (QED) is 0.643. The van der Waals surface area contributed by atoms with Gasteiger partial charge in [0.1, 0.15) is 11.4 Å². The number of ketones is 1. The van der Waals surface area contributed by atoms with E-state index in [1.807, 2.05) is 55.5 Å². The number of nitrogens with one attached hydrogen (secondary N) is 1. The molecule has 1 amide bonds. The Bertz CT molecular complexity index is 1010. The van der Waals surface area contributed by atoms with Gasteiger partial charge < -0.3 is 5.32 Å². The maximum Gasteiger partial charge on any atom is 0.271 e. The van der Waals surface area contributed by atoms with Crippen LogP contribution in [0.5, 0.6) is 0 Å². The van der Waals surface area contributed by atoms with E-state index in [4.69, 9.17) is 0 Å². The molecular weight excluding hydrogens is 376 g/mol. The number of likely N-dealkylation sites (tertiary alicyclic amines) is 1. The van der Waals surface area contributed by atoms with Gasteiger partial charge in [-0.3, -0.25) is 24.5 Å². The van der Waals surface area contributed by atoms with Crippen LogP contribution in [0.15, 0.2) is 79.1 Å². The average Bonchev–Trinajstić information content (AvgIpc) is 3.10. The smallest absolute Gasteiger partial charge is 0.271 e. The Hall–Kier alpha value is -3.38. The number of aromatic nitrogens is 2. The fourth-order valence-electron chi connectivity index (χ4n) is 4.10. The highest BCUT2D eigenvalue weighted by Gasteiger charge is 2.49. The van der Waals surface area contributed by atoms with Crippen LogP contribution >= 0.6 is 0 Å². The standard InChI is InChI=1S/C24H24N4O2/c1-24(27-23(30)21-12-6-8-15-26-21)20(22(29)18-9-3-2-4-10-18)13-16-28(24)17-19-11-5-7-14-25-19/h2-12,14-15,20H,13,16-17H2,1H3,(H,27,30). The number of rotatable bonds is 6. The van der Waals surface area contributed by atoms with Crippen LogP contribution in [0.3, 0.4) is 0 Å². The average molecular weight is 400 g/mol. The molecule has 1 N–H and O–H groups in total. The summed E-state index contributed by atoms with van der Waals surface area (Å²) in [5.41, 5.74) is 1.01. The highest BCUT2D eigenvalue weighted by Crippen LogP contribution is 2.36. The van der Waals surface area contributed by atoms with Crippen molar-refractivity contribution < 1.29 is 9.59 Å². The first kappa shape index (κ1) is 19.9. The number of pyridine rings is 2. The fraction of sp³-hybridized carbons (Fsp3) is 0.250. The Labute approximate surface area is 176 Å². The van der Waals surface area contributed by atoms with Gasteiger partial charge in [0.2, 0.25) is 0 Å². The van der Waals surface area contributed by atoms with E-state index in [-0.39, 0.29) is 17.6 Å². The van der Waals surface area contributed by atoms with E-state index < -0.39 is 5.66 Å². The molecule has 0 radical (unpaired) electrons. The molecule has 0 aliphatic carbocycles. The minimum absolute atomic E-state index is 0.0305. The summed E-state index contributed by atoms with van der Waals surface area (Å²) in [6, 6.07) is 20.2. The number of amides is 1. The lowest BCUT2D eigenvalue weighted by Crippen LogP contribution is -2.60. The molecule has 0 saturated carbocycles. The van der Waals surface area contributed by atoms with Crippen molar-refractivity contribution in [3.05, 3.63) is 96.1 Å². The molecule has 0 spiro atoms. The van der Waals surface area contributed by atoms with Gasteiger partial charge in [-0.2, -0.15) is 0 Å². The lowest BCUT2D eigenvalue weighted by Gasteiger charge is -2.39. The highest BCUT2D eigenvalue weighted by atomic mass is 16.2. The zero-order valence-corrected chi connectivity index (χ0v) is 16.9. The molecule has 2 atom stereocenters. The van der Waals surface area contributed by atoms with Crippen LogP contribution < -0.4 is 5.32 Å². The van der Waals surface area contributed by atoms with Crippen LogP contribution in [0.2, 0.25) is 0 Å². The van der Waals surface area contributed by atoms with Gasteiger partial charge in [-0.15, -0.1) is 0 Å². The van der Waals surface area contributed by atoms with E-state index in [0.29, 0.717) is 30.8 Å². The first-order chi connectivity index (χ1) is 14.6. The highest BCUT2D eigenvalue weighted by molar-refractivity contribution is 6.00. The minimum Gasteiger partial charge on any atom is -0.332 e. The topological polar surface area (TPSA) is 75.2 Å². The molecular formula is C24H24N4O2. The monoisotopic (exact) mass is 400 g/mol. The SMILES string of the molecule is CC1(NC(=O)c2ccccn2)C(C(=O)c2ccccc2)CCN1Cc1ccccn1. The van der Waals surface area contributed by atoms with E-state index in [9.17, 15) is 9.59 Å².